The van der Waals surface area contributed by atoms with Crippen molar-refractivity contribution in [2.45, 2.75) is 24.3 Å². The third-order valence-corrected chi connectivity index (χ3v) is 4.19. The fraction of sp³-hybridized carbons (Fsp3) is 0.417. The molecular formula is C12H14O3S. The molecule has 1 aromatic carbocycles. The van der Waals surface area contributed by atoms with Gasteiger partial charge >= 0.3 is 5.97 Å². The minimum atomic E-state index is -0.861. The quantitative estimate of drug-likeness (QED) is 0.860. The summed E-state index contributed by atoms with van der Waals surface area (Å²) in [6.45, 7) is 1.87. The summed E-state index contributed by atoms with van der Waals surface area (Å²) in [6, 6.07) is 3.56. The van der Waals surface area contributed by atoms with Gasteiger partial charge in [0.05, 0.1) is 11.7 Å². The first-order chi connectivity index (χ1) is 7.65. The van der Waals surface area contributed by atoms with Gasteiger partial charge in [0.15, 0.2) is 0 Å². The summed E-state index contributed by atoms with van der Waals surface area (Å²) in [5.74, 6) is 0.121. The summed E-state index contributed by atoms with van der Waals surface area (Å²) >= 11 is 1.72. The number of methoxy groups -OCH3 is 1. The number of hydrogen-bond acceptors (Lipinski definition) is 3. The van der Waals surface area contributed by atoms with Crippen LogP contribution in [0.2, 0.25) is 0 Å². The maximum absolute atomic E-state index is 11.0. The molecule has 1 atom stereocenters. The molecule has 1 heterocycles. The maximum Gasteiger partial charge on any atom is 0.335 e. The van der Waals surface area contributed by atoms with E-state index in [9.17, 15) is 4.79 Å². The zero-order valence-corrected chi connectivity index (χ0v) is 10.1. The molecule has 0 saturated heterocycles. The molecule has 1 aliphatic rings. The first kappa shape index (κ1) is 11.5. The Balaban J connectivity index is 2.53. The predicted octanol–water partition coefficient (Wildman–Crippen LogP) is 2.88. The van der Waals surface area contributed by atoms with Crippen molar-refractivity contribution in [3.8, 4) is 0 Å². The molecule has 0 aromatic heterocycles. The maximum atomic E-state index is 11.0. The molecule has 0 radical (unpaired) electrons. The summed E-state index contributed by atoms with van der Waals surface area (Å²) < 4.78 is 5.41. The van der Waals surface area contributed by atoms with Crippen molar-refractivity contribution in [2.75, 3.05) is 12.9 Å². The summed E-state index contributed by atoms with van der Waals surface area (Å²) in [4.78, 5) is 12.1. The first-order valence-corrected chi connectivity index (χ1v) is 6.16. The van der Waals surface area contributed by atoms with E-state index in [-0.39, 0.29) is 6.10 Å². The summed E-state index contributed by atoms with van der Waals surface area (Å²) in [7, 11) is 1.70. The van der Waals surface area contributed by atoms with E-state index in [0.717, 1.165) is 28.2 Å². The molecule has 86 valence electrons. The highest BCUT2D eigenvalue weighted by molar-refractivity contribution is 7.99. The van der Waals surface area contributed by atoms with Crippen LogP contribution in [0.25, 0.3) is 0 Å². The number of carbonyl (C=O) groups is 1. The molecule has 0 aliphatic carbocycles. The van der Waals surface area contributed by atoms with Crippen molar-refractivity contribution >= 4 is 17.7 Å². The Morgan fingerprint density at radius 3 is 2.94 bits per heavy atom. The van der Waals surface area contributed by atoms with Gasteiger partial charge in [0.2, 0.25) is 0 Å². The summed E-state index contributed by atoms with van der Waals surface area (Å²) in [6.07, 6.45) is 1.10. The van der Waals surface area contributed by atoms with Gasteiger partial charge in [0.1, 0.15) is 0 Å². The standard InChI is InChI=1S/C12H14O3S/c1-7-8(12(13)14)3-4-9-10(15-2)5-6-16-11(7)9/h3-4,10H,5-6H2,1-2H3,(H,13,14). The van der Waals surface area contributed by atoms with Crippen molar-refractivity contribution in [1.29, 1.82) is 0 Å². The largest absolute Gasteiger partial charge is 0.478 e. The van der Waals surface area contributed by atoms with Crippen molar-refractivity contribution in [2.24, 2.45) is 0 Å². The molecule has 0 amide bonds. The van der Waals surface area contributed by atoms with Gasteiger partial charge in [-0.1, -0.05) is 6.07 Å². The van der Waals surface area contributed by atoms with E-state index in [1.807, 2.05) is 13.0 Å². The van der Waals surface area contributed by atoms with E-state index in [1.165, 1.54) is 0 Å². The highest BCUT2D eigenvalue weighted by atomic mass is 32.2. The Morgan fingerprint density at radius 2 is 2.31 bits per heavy atom. The highest BCUT2D eigenvalue weighted by Crippen LogP contribution is 2.40. The van der Waals surface area contributed by atoms with E-state index < -0.39 is 5.97 Å². The zero-order valence-electron chi connectivity index (χ0n) is 9.32. The third kappa shape index (κ3) is 1.83. The Kier molecular flexibility index (Phi) is 3.21. The molecule has 0 saturated carbocycles. The van der Waals surface area contributed by atoms with Gasteiger partial charge in [-0.25, -0.2) is 4.79 Å². The van der Waals surface area contributed by atoms with Crippen LogP contribution in [0.15, 0.2) is 17.0 Å². The van der Waals surface area contributed by atoms with E-state index in [0.29, 0.717) is 5.56 Å². The number of carboxylic acid groups (broad SMARTS) is 1. The van der Waals surface area contributed by atoms with Crippen LogP contribution in [-0.4, -0.2) is 23.9 Å². The first-order valence-electron chi connectivity index (χ1n) is 5.17. The van der Waals surface area contributed by atoms with Crippen LogP contribution in [0.3, 0.4) is 0 Å². The average Bonchev–Trinajstić information content (AvgIpc) is 2.28. The fourth-order valence-corrected chi connectivity index (χ4v) is 3.29. The second-order valence-electron chi connectivity index (χ2n) is 3.82. The van der Waals surface area contributed by atoms with Crippen LogP contribution in [-0.2, 0) is 4.74 Å². The van der Waals surface area contributed by atoms with Crippen LogP contribution in [0.1, 0.15) is 34.0 Å². The molecule has 4 heteroatoms. The van der Waals surface area contributed by atoms with Gasteiger partial charge in [0.25, 0.3) is 0 Å². The molecule has 0 bridgehead atoms. The van der Waals surface area contributed by atoms with Crippen LogP contribution in [0.5, 0.6) is 0 Å². The molecule has 1 aromatic rings. The van der Waals surface area contributed by atoms with Crippen LogP contribution < -0.4 is 0 Å². The fourth-order valence-electron chi connectivity index (χ4n) is 2.06. The number of hydrogen-bond donors (Lipinski definition) is 1. The van der Waals surface area contributed by atoms with Crippen molar-refractivity contribution in [1.82, 2.24) is 0 Å². The molecule has 1 unspecified atom stereocenters. The lowest BCUT2D eigenvalue weighted by molar-refractivity contribution is 0.0694. The molecule has 1 aliphatic heterocycles. The van der Waals surface area contributed by atoms with E-state index in [1.54, 1.807) is 24.9 Å². The van der Waals surface area contributed by atoms with E-state index in [2.05, 4.69) is 0 Å². The van der Waals surface area contributed by atoms with Gasteiger partial charge in [0, 0.05) is 17.8 Å². The van der Waals surface area contributed by atoms with Crippen LogP contribution in [0.4, 0.5) is 0 Å². The minimum absolute atomic E-state index is 0.109. The van der Waals surface area contributed by atoms with Crippen molar-refractivity contribution in [3.63, 3.8) is 0 Å². The Labute approximate surface area is 98.8 Å². The minimum Gasteiger partial charge on any atom is -0.478 e. The van der Waals surface area contributed by atoms with Gasteiger partial charge in [-0.15, -0.1) is 11.8 Å². The van der Waals surface area contributed by atoms with Crippen LogP contribution >= 0.6 is 11.8 Å². The predicted molar refractivity (Wildman–Crippen MR) is 63.2 cm³/mol. The monoisotopic (exact) mass is 238 g/mol. The van der Waals surface area contributed by atoms with Crippen molar-refractivity contribution in [3.05, 3.63) is 28.8 Å². The molecule has 3 nitrogen and oxygen atoms in total. The lowest BCUT2D eigenvalue weighted by atomic mass is 10.00. The lowest BCUT2D eigenvalue weighted by Crippen LogP contribution is -2.12. The zero-order chi connectivity index (χ0) is 11.7. The number of ether oxygens (including phenoxy) is 1. The molecular weight excluding hydrogens is 224 g/mol. The number of rotatable bonds is 2. The van der Waals surface area contributed by atoms with E-state index >= 15 is 0 Å². The lowest BCUT2D eigenvalue weighted by Gasteiger charge is -2.25. The Hall–Kier alpha value is -1.00. The summed E-state index contributed by atoms with van der Waals surface area (Å²) in [5, 5.41) is 9.05. The number of thioether (sulfide) groups is 1. The van der Waals surface area contributed by atoms with Gasteiger partial charge in [-0.2, -0.15) is 0 Å². The topological polar surface area (TPSA) is 46.5 Å². The Bertz CT molecular complexity index is 429. The average molecular weight is 238 g/mol. The second-order valence-corrected chi connectivity index (χ2v) is 4.93. The van der Waals surface area contributed by atoms with Crippen LogP contribution in [0, 0.1) is 6.92 Å². The number of aromatic carboxylic acids is 1. The number of benzene rings is 1. The molecule has 0 spiro atoms. The second kappa shape index (κ2) is 4.47. The molecule has 0 fully saturated rings. The van der Waals surface area contributed by atoms with Gasteiger partial charge in [-0.3, -0.25) is 0 Å². The molecule has 16 heavy (non-hydrogen) atoms. The Morgan fingerprint density at radius 1 is 1.56 bits per heavy atom. The molecule has 1 N–H and O–H groups in total. The smallest absolute Gasteiger partial charge is 0.335 e. The van der Waals surface area contributed by atoms with Gasteiger partial charge in [-0.05, 0) is 30.5 Å². The normalized spacial score (nSPS) is 19.2. The highest BCUT2D eigenvalue weighted by Gasteiger charge is 2.24. The van der Waals surface area contributed by atoms with Gasteiger partial charge < -0.3 is 9.84 Å². The third-order valence-electron chi connectivity index (χ3n) is 2.92. The number of carboxylic acids is 1. The van der Waals surface area contributed by atoms with E-state index in [4.69, 9.17) is 9.84 Å². The summed E-state index contributed by atoms with van der Waals surface area (Å²) in [5.41, 5.74) is 2.38. The number of fused-ring (bicyclic) bond motifs is 1. The van der Waals surface area contributed by atoms with Crippen molar-refractivity contribution < 1.29 is 14.6 Å². The SMILES string of the molecule is COC1CCSc2c1ccc(C(=O)O)c2C. The molecule has 2 rings (SSSR count).